The average Bonchev–Trinajstić information content (AvgIpc) is 3.14. The van der Waals surface area contributed by atoms with Gasteiger partial charge in [0.2, 0.25) is 5.88 Å². The van der Waals surface area contributed by atoms with Gasteiger partial charge in [-0.15, -0.1) is 0 Å². The highest BCUT2D eigenvalue weighted by Gasteiger charge is 2.28. The molecular weight excluding hydrogens is 385 g/mol. The Morgan fingerprint density at radius 2 is 2.14 bits per heavy atom. The lowest BCUT2D eigenvalue weighted by Gasteiger charge is -2.23. The van der Waals surface area contributed by atoms with Crippen LogP contribution < -0.4 is 15.4 Å². The van der Waals surface area contributed by atoms with E-state index >= 15 is 0 Å². The van der Waals surface area contributed by atoms with Gasteiger partial charge < -0.3 is 15.4 Å². The molecule has 0 saturated carbocycles. The largest absolute Gasteiger partial charge is 0.467 e. The van der Waals surface area contributed by atoms with Crippen molar-refractivity contribution in [3.63, 3.8) is 0 Å². The number of pyridine rings is 1. The van der Waals surface area contributed by atoms with E-state index < -0.39 is 12.8 Å². The summed E-state index contributed by atoms with van der Waals surface area (Å²) in [5.74, 6) is 1.17. The second-order valence-electron chi connectivity index (χ2n) is 7.00. The molecule has 1 fully saturated rings. The molecule has 0 spiro atoms. The summed E-state index contributed by atoms with van der Waals surface area (Å²) >= 11 is 0. The third kappa shape index (κ3) is 4.94. The van der Waals surface area contributed by atoms with Crippen molar-refractivity contribution in [1.29, 1.82) is 0 Å². The highest BCUT2D eigenvalue weighted by molar-refractivity contribution is 5.61. The van der Waals surface area contributed by atoms with Gasteiger partial charge >= 0.3 is 6.18 Å². The minimum Gasteiger partial charge on any atom is -0.467 e. The molecule has 4 heterocycles. The number of rotatable bonds is 6. The number of nitrogens with zero attached hydrogens (tertiary/aromatic N) is 4. The van der Waals surface area contributed by atoms with Crippen LogP contribution in [-0.2, 0) is 0 Å². The minimum absolute atomic E-state index is 0.131. The molecule has 0 aliphatic carbocycles. The van der Waals surface area contributed by atoms with Crippen LogP contribution in [0, 0.1) is 5.92 Å². The summed E-state index contributed by atoms with van der Waals surface area (Å²) in [5, 5.41) is 6.76. The number of imidazole rings is 1. The Morgan fingerprint density at radius 3 is 2.93 bits per heavy atom. The predicted molar refractivity (Wildman–Crippen MR) is 102 cm³/mol. The van der Waals surface area contributed by atoms with E-state index in [1.807, 2.05) is 18.2 Å². The number of nitrogens with one attached hydrogen (secondary N) is 2. The molecule has 1 aliphatic rings. The Hall–Kier alpha value is -2.88. The van der Waals surface area contributed by atoms with Crippen LogP contribution in [0.25, 0.3) is 17.0 Å². The van der Waals surface area contributed by atoms with Crippen molar-refractivity contribution in [3.05, 3.63) is 36.8 Å². The molecule has 0 aromatic carbocycles. The van der Waals surface area contributed by atoms with Crippen LogP contribution in [0.5, 0.6) is 5.88 Å². The maximum Gasteiger partial charge on any atom is 0.422 e. The van der Waals surface area contributed by atoms with Crippen LogP contribution in [0.3, 0.4) is 0 Å². The molecule has 0 bridgehead atoms. The fourth-order valence-corrected chi connectivity index (χ4v) is 3.31. The van der Waals surface area contributed by atoms with E-state index in [0.717, 1.165) is 25.5 Å². The molecule has 1 atom stereocenters. The molecule has 0 radical (unpaired) electrons. The lowest BCUT2D eigenvalue weighted by atomic mass is 10.00. The van der Waals surface area contributed by atoms with E-state index in [9.17, 15) is 13.2 Å². The zero-order chi connectivity index (χ0) is 20.3. The van der Waals surface area contributed by atoms with Gasteiger partial charge in [0.05, 0.1) is 30.0 Å². The highest BCUT2D eigenvalue weighted by Crippen LogP contribution is 2.23. The lowest BCUT2D eigenvalue weighted by molar-refractivity contribution is -0.154. The van der Waals surface area contributed by atoms with Gasteiger partial charge in [0, 0.05) is 6.54 Å². The van der Waals surface area contributed by atoms with Crippen molar-refractivity contribution in [2.45, 2.75) is 19.0 Å². The molecule has 1 aliphatic heterocycles. The summed E-state index contributed by atoms with van der Waals surface area (Å²) in [6, 6.07) is 5.60. The number of alkyl halides is 3. The predicted octanol–water partition coefficient (Wildman–Crippen LogP) is 3.14. The van der Waals surface area contributed by atoms with E-state index in [1.54, 1.807) is 10.6 Å². The Bertz CT molecular complexity index is 968. The van der Waals surface area contributed by atoms with Crippen LogP contribution in [0.1, 0.15) is 12.8 Å². The van der Waals surface area contributed by atoms with Crippen molar-refractivity contribution in [2.24, 2.45) is 5.92 Å². The monoisotopic (exact) mass is 406 g/mol. The molecule has 0 unspecified atom stereocenters. The fraction of sp³-hybridized carbons (Fsp3) is 0.421. The molecule has 7 nitrogen and oxygen atoms in total. The molecular formula is C19H21F3N6O. The van der Waals surface area contributed by atoms with Gasteiger partial charge in [-0.2, -0.15) is 13.2 Å². The van der Waals surface area contributed by atoms with Gasteiger partial charge in [0.25, 0.3) is 0 Å². The smallest absolute Gasteiger partial charge is 0.422 e. The van der Waals surface area contributed by atoms with Crippen LogP contribution >= 0.6 is 0 Å². The van der Waals surface area contributed by atoms with Crippen molar-refractivity contribution in [3.8, 4) is 17.3 Å². The van der Waals surface area contributed by atoms with Gasteiger partial charge in [-0.05, 0) is 44.0 Å². The number of aromatic nitrogens is 4. The van der Waals surface area contributed by atoms with Crippen molar-refractivity contribution >= 4 is 11.5 Å². The second-order valence-corrected chi connectivity index (χ2v) is 7.00. The second kappa shape index (κ2) is 8.24. The SMILES string of the molecule is FC(F)(F)COc1cn2c(-c3cccc(NC[C@@H]4CCCNC4)n3)cnc2cn1. The first-order chi connectivity index (χ1) is 14.0. The molecule has 1 saturated heterocycles. The first-order valence-electron chi connectivity index (χ1n) is 9.42. The number of hydrogen-bond acceptors (Lipinski definition) is 6. The fourth-order valence-electron chi connectivity index (χ4n) is 3.31. The standard InChI is InChI=1S/C19H21F3N6O/c20-19(21,22)12-29-18-11-28-15(9-25-17(28)10-26-18)14-4-1-5-16(27-14)24-8-13-3-2-6-23-7-13/h1,4-5,9-11,13,23H,2-3,6-8,12H2,(H,24,27)/t13-/m1/s1. The van der Waals surface area contributed by atoms with Crippen LogP contribution in [-0.4, -0.2) is 51.8 Å². The molecule has 0 amide bonds. The van der Waals surface area contributed by atoms with Gasteiger partial charge in [-0.3, -0.25) is 4.40 Å². The summed E-state index contributed by atoms with van der Waals surface area (Å²) in [5.41, 5.74) is 1.78. The summed E-state index contributed by atoms with van der Waals surface area (Å²) in [6.45, 7) is 1.49. The summed E-state index contributed by atoms with van der Waals surface area (Å²) in [4.78, 5) is 12.8. The number of anilines is 1. The van der Waals surface area contributed by atoms with Crippen LogP contribution in [0.15, 0.2) is 36.8 Å². The first kappa shape index (κ1) is 19.4. The Labute approximate surface area is 165 Å². The maximum absolute atomic E-state index is 12.4. The van der Waals surface area contributed by atoms with Gasteiger partial charge in [-0.25, -0.2) is 15.0 Å². The molecule has 2 N–H and O–H groups in total. The Morgan fingerprint density at radius 1 is 1.24 bits per heavy atom. The molecule has 3 aromatic rings. The van der Waals surface area contributed by atoms with Crippen LogP contribution in [0.4, 0.5) is 19.0 Å². The summed E-state index contributed by atoms with van der Waals surface area (Å²) < 4.78 is 43.6. The third-order valence-corrected chi connectivity index (χ3v) is 4.74. The topological polar surface area (TPSA) is 76.4 Å². The molecule has 29 heavy (non-hydrogen) atoms. The number of piperidine rings is 1. The Balaban J connectivity index is 1.52. The minimum atomic E-state index is -4.43. The quantitative estimate of drug-likeness (QED) is 0.655. The van der Waals surface area contributed by atoms with Crippen molar-refractivity contribution in [2.75, 3.05) is 31.6 Å². The van der Waals surface area contributed by atoms with Crippen molar-refractivity contribution < 1.29 is 17.9 Å². The van der Waals surface area contributed by atoms with E-state index in [1.165, 1.54) is 25.2 Å². The summed E-state index contributed by atoms with van der Waals surface area (Å²) in [7, 11) is 0. The maximum atomic E-state index is 12.4. The number of fused-ring (bicyclic) bond motifs is 1. The van der Waals surface area contributed by atoms with E-state index in [4.69, 9.17) is 4.74 Å². The zero-order valence-electron chi connectivity index (χ0n) is 15.6. The number of halogens is 3. The normalized spacial score (nSPS) is 17.4. The molecule has 4 rings (SSSR count). The number of hydrogen-bond donors (Lipinski definition) is 2. The van der Waals surface area contributed by atoms with Gasteiger partial charge in [-0.1, -0.05) is 6.07 Å². The van der Waals surface area contributed by atoms with Gasteiger partial charge in [0.1, 0.15) is 5.82 Å². The van der Waals surface area contributed by atoms with Crippen LogP contribution in [0.2, 0.25) is 0 Å². The van der Waals surface area contributed by atoms with Gasteiger partial charge in [0.15, 0.2) is 12.3 Å². The summed E-state index contributed by atoms with van der Waals surface area (Å²) in [6.07, 6.45) is 2.30. The van der Waals surface area contributed by atoms with E-state index in [2.05, 4.69) is 25.6 Å². The highest BCUT2D eigenvalue weighted by atomic mass is 19.4. The molecule has 3 aromatic heterocycles. The van der Waals surface area contributed by atoms with E-state index in [-0.39, 0.29) is 5.88 Å². The average molecular weight is 406 g/mol. The third-order valence-electron chi connectivity index (χ3n) is 4.74. The zero-order valence-corrected chi connectivity index (χ0v) is 15.6. The van der Waals surface area contributed by atoms with Crippen molar-refractivity contribution in [1.82, 2.24) is 24.7 Å². The molecule has 154 valence electrons. The first-order valence-corrected chi connectivity index (χ1v) is 9.42. The number of ether oxygens (including phenoxy) is 1. The molecule has 10 heteroatoms. The van der Waals surface area contributed by atoms with E-state index in [0.29, 0.717) is 23.0 Å². The lowest BCUT2D eigenvalue weighted by Crippen LogP contribution is -2.33. The Kier molecular flexibility index (Phi) is 5.52.